The summed E-state index contributed by atoms with van der Waals surface area (Å²) in [5.41, 5.74) is 0.915. The average Bonchev–Trinajstić information content (AvgIpc) is 3.13. The molecule has 2 N–H and O–H groups in total. The lowest BCUT2D eigenvalue weighted by atomic mass is 10.0. The molecule has 0 amide bonds. The molecule has 28 heavy (non-hydrogen) atoms. The standard InChI is InChI=1S/C20H33N7O/c1-4-21-19(23-16-20(2,3)26-12-14-28-15-13-26)22-10-7-9-18-25-24-17-8-5-6-11-27(17)18/h5-6,8,11H,4,7,9-10,12-16H2,1-3H3,(H2,21,22,23). The summed E-state index contributed by atoms with van der Waals surface area (Å²) in [7, 11) is 0. The molecule has 3 heterocycles. The number of hydrogen-bond donors (Lipinski definition) is 2. The van der Waals surface area contributed by atoms with Crippen LogP contribution in [0.2, 0.25) is 0 Å². The van der Waals surface area contributed by atoms with Crippen molar-refractivity contribution in [3.63, 3.8) is 0 Å². The predicted octanol–water partition coefficient (Wildman–Crippen LogP) is 1.33. The third-order valence-corrected chi connectivity index (χ3v) is 5.09. The molecule has 3 rings (SSSR count). The summed E-state index contributed by atoms with van der Waals surface area (Å²) in [6, 6.07) is 5.96. The second-order valence-corrected chi connectivity index (χ2v) is 7.68. The van der Waals surface area contributed by atoms with Gasteiger partial charge in [0.15, 0.2) is 11.6 Å². The number of nitrogens with zero attached hydrogens (tertiary/aromatic N) is 5. The van der Waals surface area contributed by atoms with E-state index >= 15 is 0 Å². The first-order valence-corrected chi connectivity index (χ1v) is 10.2. The molecule has 154 valence electrons. The number of aromatic nitrogens is 3. The highest BCUT2D eigenvalue weighted by molar-refractivity contribution is 5.79. The number of fused-ring (bicyclic) bond motifs is 1. The summed E-state index contributed by atoms with van der Waals surface area (Å²) >= 11 is 0. The van der Waals surface area contributed by atoms with E-state index in [0.29, 0.717) is 0 Å². The van der Waals surface area contributed by atoms with Crippen LogP contribution in [0.5, 0.6) is 0 Å². The molecule has 1 fully saturated rings. The van der Waals surface area contributed by atoms with Gasteiger partial charge in [0, 0.05) is 44.3 Å². The highest BCUT2D eigenvalue weighted by Gasteiger charge is 2.28. The number of rotatable bonds is 8. The van der Waals surface area contributed by atoms with Crippen LogP contribution < -0.4 is 10.6 Å². The number of hydrogen-bond acceptors (Lipinski definition) is 5. The zero-order chi connectivity index (χ0) is 19.8. The Bertz CT molecular complexity index is 765. The molecular weight excluding hydrogens is 354 g/mol. The molecule has 2 aromatic heterocycles. The first kappa shape index (κ1) is 20.5. The van der Waals surface area contributed by atoms with Crippen molar-refractivity contribution in [2.75, 3.05) is 45.9 Å². The zero-order valence-corrected chi connectivity index (χ0v) is 17.3. The van der Waals surface area contributed by atoms with Crippen molar-refractivity contribution in [1.82, 2.24) is 30.1 Å². The second kappa shape index (κ2) is 9.84. The van der Waals surface area contributed by atoms with Crippen LogP contribution in [-0.2, 0) is 11.2 Å². The Morgan fingerprint density at radius 2 is 2.04 bits per heavy atom. The van der Waals surface area contributed by atoms with Crippen LogP contribution in [0.25, 0.3) is 5.65 Å². The fourth-order valence-corrected chi connectivity index (χ4v) is 3.40. The largest absolute Gasteiger partial charge is 0.379 e. The summed E-state index contributed by atoms with van der Waals surface area (Å²) in [6.07, 6.45) is 3.85. The molecule has 0 unspecified atom stereocenters. The minimum atomic E-state index is 0.0204. The Morgan fingerprint density at radius 3 is 2.82 bits per heavy atom. The van der Waals surface area contributed by atoms with Crippen molar-refractivity contribution >= 4 is 11.6 Å². The number of pyridine rings is 1. The number of nitrogens with one attached hydrogen (secondary N) is 2. The summed E-state index contributed by atoms with van der Waals surface area (Å²) in [5.74, 6) is 1.86. The van der Waals surface area contributed by atoms with Gasteiger partial charge < -0.3 is 15.4 Å². The molecule has 0 atom stereocenters. The van der Waals surface area contributed by atoms with E-state index in [4.69, 9.17) is 9.73 Å². The number of morpholine rings is 1. The predicted molar refractivity (Wildman–Crippen MR) is 112 cm³/mol. The third kappa shape index (κ3) is 5.42. The molecule has 0 saturated carbocycles. The molecule has 2 aromatic rings. The van der Waals surface area contributed by atoms with Crippen molar-refractivity contribution in [2.24, 2.45) is 4.99 Å². The number of ether oxygens (including phenoxy) is 1. The van der Waals surface area contributed by atoms with Gasteiger partial charge in [-0.1, -0.05) is 6.07 Å². The summed E-state index contributed by atoms with van der Waals surface area (Å²) in [6.45, 7) is 12.6. The van der Waals surface area contributed by atoms with E-state index in [1.165, 1.54) is 0 Å². The molecule has 0 aromatic carbocycles. The summed E-state index contributed by atoms with van der Waals surface area (Å²) in [4.78, 5) is 7.28. The zero-order valence-electron chi connectivity index (χ0n) is 17.3. The molecule has 1 aliphatic rings. The molecule has 8 heteroatoms. The van der Waals surface area contributed by atoms with E-state index in [2.05, 4.69) is 46.5 Å². The highest BCUT2D eigenvalue weighted by Crippen LogP contribution is 2.16. The number of guanidine groups is 1. The van der Waals surface area contributed by atoms with E-state index in [0.717, 1.165) is 76.2 Å². The monoisotopic (exact) mass is 387 g/mol. The normalized spacial score (nSPS) is 16.5. The van der Waals surface area contributed by atoms with Gasteiger partial charge in [-0.25, -0.2) is 0 Å². The van der Waals surface area contributed by atoms with Crippen LogP contribution in [-0.4, -0.2) is 76.9 Å². The van der Waals surface area contributed by atoms with Gasteiger partial charge in [-0.2, -0.15) is 0 Å². The second-order valence-electron chi connectivity index (χ2n) is 7.68. The van der Waals surface area contributed by atoms with Crippen LogP contribution in [0.3, 0.4) is 0 Å². The van der Waals surface area contributed by atoms with Gasteiger partial charge in [-0.15, -0.1) is 10.2 Å². The van der Waals surface area contributed by atoms with Crippen LogP contribution in [0, 0.1) is 0 Å². The van der Waals surface area contributed by atoms with Gasteiger partial charge in [0.05, 0.1) is 19.8 Å². The highest BCUT2D eigenvalue weighted by atomic mass is 16.5. The SMILES string of the molecule is CCNC(=NCC(C)(C)N1CCOCC1)NCCCc1nnc2ccccn12. The van der Waals surface area contributed by atoms with Crippen LogP contribution >= 0.6 is 0 Å². The first-order chi connectivity index (χ1) is 13.6. The quantitative estimate of drug-likeness (QED) is 0.404. The van der Waals surface area contributed by atoms with Gasteiger partial charge >= 0.3 is 0 Å². The lowest BCUT2D eigenvalue weighted by Gasteiger charge is -2.39. The van der Waals surface area contributed by atoms with E-state index in [1.54, 1.807) is 0 Å². The minimum absolute atomic E-state index is 0.0204. The smallest absolute Gasteiger partial charge is 0.191 e. The van der Waals surface area contributed by atoms with E-state index in [1.807, 2.05) is 28.8 Å². The van der Waals surface area contributed by atoms with Gasteiger partial charge in [-0.3, -0.25) is 14.3 Å². The lowest BCUT2D eigenvalue weighted by Crippen LogP contribution is -2.52. The molecule has 8 nitrogen and oxygen atoms in total. The van der Waals surface area contributed by atoms with Gasteiger partial charge in [0.1, 0.15) is 5.82 Å². The Balaban J connectivity index is 1.49. The first-order valence-electron chi connectivity index (χ1n) is 10.2. The molecule has 0 radical (unpaired) electrons. The average molecular weight is 388 g/mol. The maximum Gasteiger partial charge on any atom is 0.191 e. The third-order valence-electron chi connectivity index (χ3n) is 5.09. The molecule has 0 aliphatic carbocycles. The van der Waals surface area contributed by atoms with Crippen molar-refractivity contribution < 1.29 is 4.74 Å². The van der Waals surface area contributed by atoms with Crippen molar-refractivity contribution in [2.45, 2.75) is 39.2 Å². The molecule has 1 aliphatic heterocycles. The molecular formula is C20H33N7O. The van der Waals surface area contributed by atoms with E-state index < -0.39 is 0 Å². The van der Waals surface area contributed by atoms with Crippen LogP contribution in [0.1, 0.15) is 33.0 Å². The van der Waals surface area contributed by atoms with E-state index in [9.17, 15) is 0 Å². The fraction of sp³-hybridized carbons (Fsp3) is 0.650. The Hall–Kier alpha value is -2.19. The maximum atomic E-state index is 5.47. The molecule has 0 bridgehead atoms. The van der Waals surface area contributed by atoms with Crippen molar-refractivity contribution in [1.29, 1.82) is 0 Å². The van der Waals surface area contributed by atoms with Gasteiger partial charge in [-0.05, 0) is 39.3 Å². The Labute approximate surface area is 167 Å². The fourth-order valence-electron chi connectivity index (χ4n) is 3.40. The number of aryl methyl sites for hydroxylation is 1. The van der Waals surface area contributed by atoms with Crippen LogP contribution in [0.15, 0.2) is 29.4 Å². The summed E-state index contributed by atoms with van der Waals surface area (Å²) < 4.78 is 7.51. The number of aliphatic imine (C=N–C) groups is 1. The topological polar surface area (TPSA) is 79.1 Å². The maximum absolute atomic E-state index is 5.47. The lowest BCUT2D eigenvalue weighted by molar-refractivity contribution is -0.00683. The van der Waals surface area contributed by atoms with E-state index in [-0.39, 0.29) is 5.54 Å². The minimum Gasteiger partial charge on any atom is -0.379 e. The van der Waals surface area contributed by atoms with Crippen molar-refractivity contribution in [3.8, 4) is 0 Å². The molecule has 0 spiro atoms. The Morgan fingerprint density at radius 1 is 1.21 bits per heavy atom. The van der Waals surface area contributed by atoms with Crippen molar-refractivity contribution in [3.05, 3.63) is 30.2 Å². The Kier molecular flexibility index (Phi) is 7.22. The van der Waals surface area contributed by atoms with Gasteiger partial charge in [0.25, 0.3) is 0 Å². The van der Waals surface area contributed by atoms with Gasteiger partial charge in [0.2, 0.25) is 0 Å². The van der Waals surface area contributed by atoms with Crippen LogP contribution in [0.4, 0.5) is 0 Å². The molecule has 1 saturated heterocycles. The summed E-state index contributed by atoms with van der Waals surface area (Å²) in [5, 5.41) is 15.3.